The largest absolute Gasteiger partial charge is 0.246 e. The van der Waals surface area contributed by atoms with Crippen LogP contribution in [-0.2, 0) is 0 Å². The van der Waals surface area contributed by atoms with E-state index >= 15 is 0 Å². The second-order valence-corrected chi connectivity index (χ2v) is 14.0. The molecule has 10 rings (SSSR count). The number of benzene rings is 8. The van der Waals surface area contributed by atoms with Gasteiger partial charge in [-0.15, -0.1) is 0 Å². The Morgan fingerprint density at radius 1 is 0.268 bits per heavy atom. The zero-order valence-corrected chi connectivity index (χ0v) is 30.5. The summed E-state index contributed by atoms with van der Waals surface area (Å²) in [6, 6.07) is 74.5. The molecule has 8 aromatic carbocycles. The maximum Gasteiger partial charge on any atom is 0.160 e. The van der Waals surface area contributed by atoms with Gasteiger partial charge in [-0.25, -0.2) is 15.0 Å². The lowest BCUT2D eigenvalue weighted by molar-refractivity contribution is 1.18. The second kappa shape index (κ2) is 14.4. The molecule has 2 aromatic heterocycles. The summed E-state index contributed by atoms with van der Waals surface area (Å²) in [5.41, 5.74) is 14.7. The summed E-state index contributed by atoms with van der Waals surface area (Å²) in [5.74, 6) is 0.704. The predicted octanol–water partition coefficient (Wildman–Crippen LogP) is 13.8. The maximum absolute atomic E-state index is 5.49. The molecule has 0 N–H and O–H groups in total. The highest BCUT2D eigenvalue weighted by atomic mass is 14.9. The number of fused-ring (bicyclic) bond motifs is 3. The van der Waals surface area contributed by atoms with Gasteiger partial charge in [0.1, 0.15) is 0 Å². The first-order valence-electron chi connectivity index (χ1n) is 18.9. The fourth-order valence-corrected chi connectivity index (χ4v) is 7.78. The van der Waals surface area contributed by atoms with Gasteiger partial charge in [0.05, 0.1) is 22.6 Å². The first-order chi connectivity index (χ1) is 27.8. The van der Waals surface area contributed by atoms with E-state index in [1.165, 1.54) is 16.5 Å². The van der Waals surface area contributed by atoms with E-state index in [9.17, 15) is 0 Å². The Morgan fingerprint density at radius 3 is 1.39 bits per heavy atom. The van der Waals surface area contributed by atoms with Crippen LogP contribution in [0.4, 0.5) is 0 Å². The van der Waals surface area contributed by atoms with Crippen LogP contribution in [0.1, 0.15) is 0 Å². The molecule has 0 spiro atoms. The van der Waals surface area contributed by atoms with Gasteiger partial charge in [-0.1, -0.05) is 194 Å². The van der Waals surface area contributed by atoms with E-state index in [2.05, 4.69) is 176 Å². The fourth-order valence-electron chi connectivity index (χ4n) is 7.78. The van der Waals surface area contributed by atoms with Crippen molar-refractivity contribution in [3.8, 4) is 78.5 Å². The van der Waals surface area contributed by atoms with Crippen molar-refractivity contribution in [2.45, 2.75) is 0 Å². The Balaban J connectivity index is 1.12. The van der Waals surface area contributed by atoms with Crippen LogP contribution in [0.25, 0.3) is 100 Å². The molecule has 0 radical (unpaired) electrons. The van der Waals surface area contributed by atoms with Gasteiger partial charge in [-0.2, -0.15) is 0 Å². The summed E-state index contributed by atoms with van der Waals surface area (Å²) < 4.78 is 0. The van der Waals surface area contributed by atoms with Crippen molar-refractivity contribution >= 4 is 21.7 Å². The zero-order chi connectivity index (χ0) is 37.3. The molecule has 0 atom stereocenters. The molecule has 0 saturated carbocycles. The molecule has 10 aromatic rings. The van der Waals surface area contributed by atoms with Gasteiger partial charge in [0.2, 0.25) is 0 Å². The van der Waals surface area contributed by atoms with Crippen LogP contribution in [0, 0.1) is 0 Å². The van der Waals surface area contributed by atoms with Crippen molar-refractivity contribution in [1.82, 2.24) is 15.0 Å². The van der Waals surface area contributed by atoms with Crippen LogP contribution in [0.5, 0.6) is 0 Å². The van der Waals surface area contributed by atoms with E-state index in [1.54, 1.807) is 0 Å². The topological polar surface area (TPSA) is 38.7 Å². The molecule has 0 bridgehead atoms. The molecular formula is C53H35N3. The van der Waals surface area contributed by atoms with Crippen LogP contribution >= 0.6 is 0 Å². The van der Waals surface area contributed by atoms with Crippen LogP contribution in [0.3, 0.4) is 0 Å². The summed E-state index contributed by atoms with van der Waals surface area (Å²) in [7, 11) is 0. The van der Waals surface area contributed by atoms with Gasteiger partial charge in [0.15, 0.2) is 5.82 Å². The first kappa shape index (κ1) is 33.1. The Labute approximate surface area is 326 Å². The zero-order valence-electron chi connectivity index (χ0n) is 30.5. The highest BCUT2D eigenvalue weighted by molar-refractivity contribution is 6.19. The summed E-state index contributed by atoms with van der Waals surface area (Å²) >= 11 is 0. The molecule has 56 heavy (non-hydrogen) atoms. The average Bonchev–Trinajstić information content (AvgIpc) is 3.29. The smallest absolute Gasteiger partial charge is 0.160 e. The van der Waals surface area contributed by atoms with Crippen LogP contribution < -0.4 is 0 Å². The number of aromatic nitrogens is 3. The third kappa shape index (κ3) is 6.21. The lowest BCUT2D eigenvalue weighted by Gasteiger charge is -2.16. The van der Waals surface area contributed by atoms with Crippen molar-refractivity contribution in [1.29, 1.82) is 0 Å². The first-order valence-corrected chi connectivity index (χ1v) is 18.9. The molecule has 0 saturated heterocycles. The molecule has 3 nitrogen and oxygen atoms in total. The van der Waals surface area contributed by atoms with Crippen molar-refractivity contribution in [2.75, 3.05) is 0 Å². The SMILES string of the molecule is c1ccc(-c2cc(-c3cccc(-c4cccc(-c5cccc6c5nc(-c5ccccc5)c5cccc(-c7ccccc7)c56)c4)c3)nc(-c3ccccc3)n2)cc1. The monoisotopic (exact) mass is 713 g/mol. The average molecular weight is 714 g/mol. The second-order valence-electron chi connectivity index (χ2n) is 14.0. The Hall–Kier alpha value is -7.49. The molecular weight excluding hydrogens is 679 g/mol. The van der Waals surface area contributed by atoms with Gasteiger partial charge in [-0.05, 0) is 46.0 Å². The van der Waals surface area contributed by atoms with Crippen molar-refractivity contribution in [3.63, 3.8) is 0 Å². The molecule has 0 aliphatic rings. The van der Waals surface area contributed by atoms with Crippen LogP contribution in [-0.4, -0.2) is 15.0 Å². The standard InChI is InChI=1S/C53H35N3/c1-5-17-36(18-6-1)44-29-15-31-46-50(44)47-32-16-30-45(52(47)56-51(46)38-21-9-3-10-22-38)42-27-13-25-40(33-42)41-26-14-28-43(34-41)49-35-48(37-19-7-2-8-20-37)54-53(55-49)39-23-11-4-12-24-39/h1-35H. The van der Waals surface area contributed by atoms with Gasteiger partial charge in [0, 0.05) is 44.0 Å². The van der Waals surface area contributed by atoms with Gasteiger partial charge >= 0.3 is 0 Å². The van der Waals surface area contributed by atoms with E-state index in [0.29, 0.717) is 5.82 Å². The molecule has 0 fully saturated rings. The van der Waals surface area contributed by atoms with Gasteiger partial charge in [-0.3, -0.25) is 0 Å². The number of hydrogen-bond acceptors (Lipinski definition) is 3. The van der Waals surface area contributed by atoms with Crippen molar-refractivity contribution in [2.24, 2.45) is 0 Å². The fraction of sp³-hybridized carbons (Fsp3) is 0. The van der Waals surface area contributed by atoms with Gasteiger partial charge < -0.3 is 0 Å². The minimum atomic E-state index is 0.704. The van der Waals surface area contributed by atoms with Crippen molar-refractivity contribution < 1.29 is 0 Å². The molecule has 2 heterocycles. The lowest BCUT2D eigenvalue weighted by Crippen LogP contribution is -1.96. The third-order valence-corrected chi connectivity index (χ3v) is 10.5. The summed E-state index contributed by atoms with van der Waals surface area (Å²) in [6.07, 6.45) is 0. The van der Waals surface area contributed by atoms with Gasteiger partial charge in [0.25, 0.3) is 0 Å². The minimum Gasteiger partial charge on any atom is -0.246 e. The molecule has 0 aliphatic heterocycles. The van der Waals surface area contributed by atoms with E-state index < -0.39 is 0 Å². The normalized spacial score (nSPS) is 11.2. The molecule has 3 heteroatoms. The number of para-hydroxylation sites is 1. The molecule has 0 unspecified atom stereocenters. The molecule has 0 amide bonds. The number of pyridine rings is 1. The highest BCUT2D eigenvalue weighted by Crippen LogP contribution is 2.42. The van der Waals surface area contributed by atoms with Crippen LogP contribution in [0.15, 0.2) is 212 Å². The number of hydrogen-bond donors (Lipinski definition) is 0. The maximum atomic E-state index is 5.49. The third-order valence-electron chi connectivity index (χ3n) is 10.5. The number of nitrogens with zero attached hydrogens (tertiary/aromatic N) is 3. The molecule has 262 valence electrons. The Bertz CT molecular complexity index is 2940. The van der Waals surface area contributed by atoms with E-state index in [0.717, 1.165) is 77.9 Å². The quantitative estimate of drug-likeness (QED) is 0.154. The Kier molecular flexibility index (Phi) is 8.51. The molecule has 0 aliphatic carbocycles. The van der Waals surface area contributed by atoms with E-state index in [-0.39, 0.29) is 0 Å². The summed E-state index contributed by atoms with van der Waals surface area (Å²) in [6.45, 7) is 0. The predicted molar refractivity (Wildman–Crippen MR) is 233 cm³/mol. The van der Waals surface area contributed by atoms with E-state index in [4.69, 9.17) is 15.0 Å². The summed E-state index contributed by atoms with van der Waals surface area (Å²) in [4.78, 5) is 15.6. The van der Waals surface area contributed by atoms with E-state index in [1.807, 2.05) is 36.4 Å². The highest BCUT2D eigenvalue weighted by Gasteiger charge is 2.18. The number of rotatable bonds is 7. The minimum absolute atomic E-state index is 0.704. The lowest BCUT2D eigenvalue weighted by atomic mass is 9.90. The van der Waals surface area contributed by atoms with Crippen LogP contribution in [0.2, 0.25) is 0 Å². The van der Waals surface area contributed by atoms with Crippen molar-refractivity contribution in [3.05, 3.63) is 212 Å². The summed E-state index contributed by atoms with van der Waals surface area (Å²) in [5, 5.41) is 3.49. The Morgan fingerprint density at radius 2 is 0.732 bits per heavy atom.